The Balaban J connectivity index is 1.43. The van der Waals surface area contributed by atoms with Crippen molar-refractivity contribution in [3.05, 3.63) is 46.1 Å². The number of rotatable bonds is 6. The minimum absolute atomic E-state index is 0.000103. The number of aromatic nitrogens is 4. The van der Waals surface area contributed by atoms with Crippen molar-refractivity contribution < 1.29 is 9.59 Å². The third-order valence-electron chi connectivity index (χ3n) is 6.01. The molecule has 1 aliphatic carbocycles. The summed E-state index contributed by atoms with van der Waals surface area (Å²) in [5.41, 5.74) is 3.51. The van der Waals surface area contributed by atoms with Crippen molar-refractivity contribution in [1.29, 1.82) is 0 Å². The summed E-state index contributed by atoms with van der Waals surface area (Å²) in [7, 11) is 0. The van der Waals surface area contributed by atoms with E-state index in [1.807, 2.05) is 4.40 Å². The zero-order valence-corrected chi connectivity index (χ0v) is 20.5. The van der Waals surface area contributed by atoms with Gasteiger partial charge in [0.25, 0.3) is 0 Å². The number of carbonyl (C=O) groups is 2. The fraction of sp³-hybridized carbons (Fsp3) is 0.375. The standard InChI is InChI=1S/C24H25N5O2S2/c1-4-20-26-23-21(17-10-5-13(2)11-19(17)33-23)22-27-28-24(29(20)22)32-12-18(31)15-6-8-16(9-7-15)25-14(3)30/h6-9,13H,4-5,10-12H2,1-3H3,(H,25,30)/t13-/m0/s1. The number of nitrogens with one attached hydrogen (secondary N) is 1. The second-order valence-corrected chi connectivity index (χ2v) is 10.6. The first kappa shape index (κ1) is 22.0. The Bertz CT molecular complexity index is 1370. The number of fused-ring (bicyclic) bond motifs is 5. The van der Waals surface area contributed by atoms with E-state index in [0.29, 0.717) is 22.3 Å². The van der Waals surface area contributed by atoms with Gasteiger partial charge in [0.1, 0.15) is 10.7 Å². The quantitative estimate of drug-likeness (QED) is 0.311. The SMILES string of the molecule is CCc1nc2sc3c(c2c2nnc(SCC(=O)c4ccc(NC(C)=O)cc4)n12)CC[C@H](C)C3. The summed E-state index contributed by atoms with van der Waals surface area (Å²) in [6, 6.07) is 6.94. The number of thioether (sulfide) groups is 1. The molecule has 0 bridgehead atoms. The van der Waals surface area contributed by atoms with Crippen molar-refractivity contribution in [2.75, 3.05) is 11.1 Å². The Labute approximate surface area is 200 Å². The summed E-state index contributed by atoms with van der Waals surface area (Å²) in [6.45, 7) is 5.85. The van der Waals surface area contributed by atoms with Gasteiger partial charge < -0.3 is 5.32 Å². The molecule has 0 unspecified atom stereocenters. The lowest BCUT2D eigenvalue weighted by molar-refractivity contribution is -0.114. The molecule has 3 heterocycles. The van der Waals surface area contributed by atoms with Gasteiger partial charge in [-0.1, -0.05) is 25.6 Å². The number of carbonyl (C=O) groups excluding carboxylic acids is 2. The molecule has 0 aliphatic heterocycles. The van der Waals surface area contributed by atoms with Crippen LogP contribution >= 0.6 is 23.1 Å². The summed E-state index contributed by atoms with van der Waals surface area (Å²) in [5, 5.41) is 13.5. The number of aryl methyl sites for hydroxylation is 2. The van der Waals surface area contributed by atoms with E-state index in [1.165, 1.54) is 35.5 Å². The van der Waals surface area contributed by atoms with Crippen molar-refractivity contribution >= 4 is 56.3 Å². The minimum Gasteiger partial charge on any atom is -0.326 e. The molecule has 1 aliphatic rings. The normalized spacial score (nSPS) is 15.7. The number of Topliss-reactive ketones (excluding diaryl/α,β-unsaturated/α-hetero) is 1. The maximum Gasteiger partial charge on any atom is 0.221 e. The summed E-state index contributed by atoms with van der Waals surface area (Å²) in [4.78, 5) is 31.4. The van der Waals surface area contributed by atoms with Gasteiger partial charge in [0.2, 0.25) is 5.91 Å². The Morgan fingerprint density at radius 2 is 2.03 bits per heavy atom. The van der Waals surface area contributed by atoms with Gasteiger partial charge in [-0.05, 0) is 55.0 Å². The Kier molecular flexibility index (Phi) is 5.92. The number of amides is 1. The van der Waals surface area contributed by atoms with Gasteiger partial charge in [-0.2, -0.15) is 0 Å². The average molecular weight is 480 g/mol. The summed E-state index contributed by atoms with van der Waals surface area (Å²) in [6.07, 6.45) is 4.11. The topological polar surface area (TPSA) is 89.2 Å². The largest absolute Gasteiger partial charge is 0.326 e. The molecule has 4 aromatic rings. The van der Waals surface area contributed by atoms with E-state index >= 15 is 0 Å². The molecule has 1 aromatic carbocycles. The number of ketones is 1. The minimum atomic E-state index is -0.140. The predicted molar refractivity (Wildman–Crippen MR) is 133 cm³/mol. The monoisotopic (exact) mass is 479 g/mol. The lowest BCUT2D eigenvalue weighted by Gasteiger charge is -2.17. The lowest BCUT2D eigenvalue weighted by Crippen LogP contribution is -2.09. The first-order chi connectivity index (χ1) is 15.9. The third kappa shape index (κ3) is 4.15. The molecule has 1 amide bonds. The highest BCUT2D eigenvalue weighted by atomic mass is 32.2. The molecule has 0 fully saturated rings. The van der Waals surface area contributed by atoms with Crippen LogP contribution in [0.2, 0.25) is 0 Å². The maximum absolute atomic E-state index is 12.8. The lowest BCUT2D eigenvalue weighted by atomic mass is 9.89. The van der Waals surface area contributed by atoms with Crippen LogP contribution in [0.5, 0.6) is 0 Å². The van der Waals surface area contributed by atoms with Crippen molar-refractivity contribution in [3.8, 4) is 0 Å². The molecule has 0 radical (unpaired) electrons. The van der Waals surface area contributed by atoms with Crippen LogP contribution in [0.4, 0.5) is 5.69 Å². The number of hydrogen-bond donors (Lipinski definition) is 1. The van der Waals surface area contributed by atoms with Crippen LogP contribution < -0.4 is 5.32 Å². The van der Waals surface area contributed by atoms with Crippen LogP contribution in [0.1, 0.15) is 53.8 Å². The van der Waals surface area contributed by atoms with Crippen LogP contribution in [0.3, 0.4) is 0 Å². The van der Waals surface area contributed by atoms with Gasteiger partial charge >= 0.3 is 0 Å². The smallest absolute Gasteiger partial charge is 0.221 e. The molecule has 9 heteroatoms. The second-order valence-electron chi connectivity index (χ2n) is 8.53. The summed E-state index contributed by atoms with van der Waals surface area (Å²) < 4.78 is 2.03. The van der Waals surface area contributed by atoms with E-state index in [9.17, 15) is 9.59 Å². The third-order valence-corrected chi connectivity index (χ3v) is 8.09. The number of anilines is 1. The molecular weight excluding hydrogens is 454 g/mol. The number of benzene rings is 1. The number of hydrogen-bond acceptors (Lipinski definition) is 7. The van der Waals surface area contributed by atoms with Crippen molar-refractivity contribution in [2.45, 2.75) is 51.6 Å². The van der Waals surface area contributed by atoms with E-state index in [1.54, 1.807) is 35.6 Å². The van der Waals surface area contributed by atoms with Gasteiger partial charge in [0.15, 0.2) is 16.6 Å². The van der Waals surface area contributed by atoms with Gasteiger partial charge in [-0.15, -0.1) is 21.5 Å². The maximum atomic E-state index is 12.8. The van der Waals surface area contributed by atoms with Crippen LogP contribution in [-0.2, 0) is 24.1 Å². The number of thiophene rings is 1. The molecule has 0 saturated carbocycles. The Morgan fingerprint density at radius 1 is 1.24 bits per heavy atom. The van der Waals surface area contributed by atoms with E-state index in [-0.39, 0.29) is 17.4 Å². The molecule has 1 atom stereocenters. The van der Waals surface area contributed by atoms with E-state index in [0.717, 1.165) is 41.0 Å². The van der Waals surface area contributed by atoms with Gasteiger partial charge in [0.05, 0.1) is 11.1 Å². The van der Waals surface area contributed by atoms with Crippen LogP contribution in [0.25, 0.3) is 15.9 Å². The Hall–Kier alpha value is -2.78. The van der Waals surface area contributed by atoms with Gasteiger partial charge in [-0.3, -0.25) is 14.0 Å². The number of nitrogens with zero attached hydrogens (tertiary/aromatic N) is 4. The molecule has 0 spiro atoms. The van der Waals surface area contributed by atoms with E-state index in [2.05, 4.69) is 29.4 Å². The van der Waals surface area contributed by atoms with E-state index in [4.69, 9.17) is 4.98 Å². The molecule has 33 heavy (non-hydrogen) atoms. The summed E-state index contributed by atoms with van der Waals surface area (Å²) >= 11 is 3.18. The molecule has 170 valence electrons. The zero-order valence-electron chi connectivity index (χ0n) is 18.8. The summed E-state index contributed by atoms with van der Waals surface area (Å²) in [5.74, 6) is 1.73. The highest BCUT2D eigenvalue weighted by Crippen LogP contribution is 2.39. The van der Waals surface area contributed by atoms with E-state index < -0.39 is 0 Å². The average Bonchev–Trinajstić information content (AvgIpc) is 3.37. The molecule has 0 saturated heterocycles. The highest BCUT2D eigenvalue weighted by Gasteiger charge is 2.25. The van der Waals surface area contributed by atoms with Gasteiger partial charge in [-0.25, -0.2) is 4.98 Å². The molecule has 5 rings (SSSR count). The first-order valence-electron chi connectivity index (χ1n) is 11.2. The van der Waals surface area contributed by atoms with Crippen LogP contribution in [-0.4, -0.2) is 37.0 Å². The predicted octanol–water partition coefficient (Wildman–Crippen LogP) is 4.96. The van der Waals surface area contributed by atoms with Crippen molar-refractivity contribution in [2.24, 2.45) is 5.92 Å². The fourth-order valence-corrected chi connectivity index (χ4v) is 6.61. The zero-order chi connectivity index (χ0) is 23.1. The highest BCUT2D eigenvalue weighted by molar-refractivity contribution is 7.99. The molecule has 7 nitrogen and oxygen atoms in total. The fourth-order valence-electron chi connectivity index (χ4n) is 4.36. The van der Waals surface area contributed by atoms with Crippen LogP contribution in [0, 0.1) is 5.92 Å². The molecular formula is C24H25N5O2S2. The van der Waals surface area contributed by atoms with Gasteiger partial charge in [0, 0.05) is 29.5 Å². The molecule has 1 N–H and O–H groups in total. The Morgan fingerprint density at radius 3 is 2.76 bits per heavy atom. The molecule has 3 aromatic heterocycles. The second kappa shape index (κ2) is 8.87. The van der Waals surface area contributed by atoms with Crippen molar-refractivity contribution in [1.82, 2.24) is 19.6 Å². The van der Waals surface area contributed by atoms with Crippen LogP contribution in [0.15, 0.2) is 29.4 Å². The first-order valence-corrected chi connectivity index (χ1v) is 13.0. The van der Waals surface area contributed by atoms with Crippen molar-refractivity contribution in [3.63, 3.8) is 0 Å².